The topological polar surface area (TPSA) is 51.0 Å². The Labute approximate surface area is 125 Å². The molecule has 0 bridgehead atoms. The van der Waals surface area contributed by atoms with Crippen molar-refractivity contribution in [3.63, 3.8) is 0 Å². The Hall–Kier alpha value is -1.89. The highest BCUT2D eigenvalue weighted by Gasteiger charge is 2.33. The van der Waals surface area contributed by atoms with Crippen LogP contribution in [0.1, 0.15) is 23.4 Å². The number of hydrogen-bond donors (Lipinski definition) is 1. The molecule has 1 N–H and O–H groups in total. The summed E-state index contributed by atoms with van der Waals surface area (Å²) in [5, 5.41) is 7.05. The maximum atomic E-state index is 12.9. The number of aromatic nitrogens is 2. The third-order valence-corrected chi connectivity index (χ3v) is 3.89. The maximum absolute atomic E-state index is 12.9. The summed E-state index contributed by atoms with van der Waals surface area (Å²) < 4.78 is 44.0. The van der Waals surface area contributed by atoms with Gasteiger partial charge in [0.25, 0.3) is 0 Å². The van der Waals surface area contributed by atoms with E-state index >= 15 is 0 Å². The van der Waals surface area contributed by atoms with Gasteiger partial charge in [-0.2, -0.15) is 18.2 Å². The number of halogens is 3. The third kappa shape index (κ3) is 3.14. The molecule has 0 saturated carbocycles. The zero-order chi connectivity index (χ0) is 15.7. The molecule has 0 radical (unpaired) electrons. The van der Waals surface area contributed by atoms with Crippen molar-refractivity contribution >= 4 is 0 Å². The van der Waals surface area contributed by atoms with Gasteiger partial charge in [0.2, 0.25) is 11.7 Å². The van der Waals surface area contributed by atoms with E-state index in [1.165, 1.54) is 13.0 Å². The summed E-state index contributed by atoms with van der Waals surface area (Å²) >= 11 is 0. The highest BCUT2D eigenvalue weighted by Crippen LogP contribution is 2.34. The summed E-state index contributed by atoms with van der Waals surface area (Å²) in [6.45, 7) is 3.31. The molecule has 1 atom stereocenters. The predicted molar refractivity (Wildman–Crippen MR) is 74.2 cm³/mol. The fourth-order valence-corrected chi connectivity index (χ4v) is 2.66. The second-order valence-corrected chi connectivity index (χ2v) is 5.60. The molecule has 118 valence electrons. The van der Waals surface area contributed by atoms with Gasteiger partial charge in [0.1, 0.15) is 0 Å². The summed E-state index contributed by atoms with van der Waals surface area (Å²) in [4.78, 5) is 4.22. The molecule has 4 nitrogen and oxygen atoms in total. The van der Waals surface area contributed by atoms with E-state index in [2.05, 4.69) is 15.5 Å². The normalized spacial score (nSPS) is 18.8. The molecule has 22 heavy (non-hydrogen) atoms. The van der Waals surface area contributed by atoms with Crippen molar-refractivity contribution in [3.8, 4) is 11.4 Å². The predicted octanol–water partition coefficient (Wildman–Crippen LogP) is 3.22. The molecule has 0 aliphatic carbocycles. The lowest BCUT2D eigenvalue weighted by Gasteiger charge is -2.10. The molecule has 1 saturated heterocycles. The lowest BCUT2D eigenvalue weighted by atomic mass is 10.0. The van der Waals surface area contributed by atoms with E-state index in [0.717, 1.165) is 25.6 Å². The van der Waals surface area contributed by atoms with Gasteiger partial charge in [-0.1, -0.05) is 17.3 Å². The van der Waals surface area contributed by atoms with E-state index in [1.54, 1.807) is 6.07 Å². The molecule has 0 amide bonds. The minimum atomic E-state index is -4.39. The molecule has 1 aromatic carbocycles. The quantitative estimate of drug-likeness (QED) is 0.945. The van der Waals surface area contributed by atoms with E-state index < -0.39 is 11.7 Å². The second-order valence-electron chi connectivity index (χ2n) is 5.60. The van der Waals surface area contributed by atoms with Crippen molar-refractivity contribution in [3.05, 3.63) is 35.2 Å². The lowest BCUT2D eigenvalue weighted by Crippen LogP contribution is -2.10. The summed E-state index contributed by atoms with van der Waals surface area (Å²) in [5.41, 5.74) is -0.175. The van der Waals surface area contributed by atoms with Crippen molar-refractivity contribution in [2.75, 3.05) is 13.1 Å². The van der Waals surface area contributed by atoms with Crippen molar-refractivity contribution in [2.24, 2.45) is 5.92 Å². The smallest absolute Gasteiger partial charge is 0.339 e. The first-order valence-electron chi connectivity index (χ1n) is 7.15. The fraction of sp³-hybridized carbons (Fsp3) is 0.467. The van der Waals surface area contributed by atoms with Crippen LogP contribution in [0.5, 0.6) is 0 Å². The SMILES string of the molecule is Cc1ccc(-c2noc(C[C@@H]3CCNC3)n2)cc1C(F)(F)F. The van der Waals surface area contributed by atoms with Crippen LogP contribution in [-0.4, -0.2) is 23.2 Å². The number of benzene rings is 1. The Kier molecular flexibility index (Phi) is 3.90. The molecule has 1 aromatic heterocycles. The standard InChI is InChI=1S/C15H16F3N3O/c1-9-2-3-11(7-12(9)15(16,17)18)14-20-13(22-21-14)6-10-4-5-19-8-10/h2-3,7,10,19H,4-6,8H2,1H3/t10-/m0/s1. The van der Waals surface area contributed by atoms with Crippen molar-refractivity contribution in [1.82, 2.24) is 15.5 Å². The van der Waals surface area contributed by atoms with Crippen LogP contribution in [0.25, 0.3) is 11.4 Å². The zero-order valence-corrected chi connectivity index (χ0v) is 12.1. The Morgan fingerprint density at radius 2 is 2.18 bits per heavy atom. The Morgan fingerprint density at radius 1 is 1.36 bits per heavy atom. The van der Waals surface area contributed by atoms with E-state index in [0.29, 0.717) is 23.8 Å². The monoisotopic (exact) mass is 311 g/mol. The van der Waals surface area contributed by atoms with Crippen LogP contribution in [0.4, 0.5) is 13.2 Å². The van der Waals surface area contributed by atoms with Crippen LogP contribution in [0, 0.1) is 12.8 Å². The summed E-state index contributed by atoms with van der Waals surface area (Å²) in [5.74, 6) is 1.11. The first kappa shape index (κ1) is 15.0. The summed E-state index contributed by atoms with van der Waals surface area (Å²) in [6.07, 6.45) is -2.69. The van der Waals surface area contributed by atoms with Crippen LogP contribution in [-0.2, 0) is 12.6 Å². The number of hydrogen-bond acceptors (Lipinski definition) is 4. The molecule has 7 heteroatoms. The number of nitrogens with zero attached hydrogens (tertiary/aromatic N) is 2. The van der Waals surface area contributed by atoms with E-state index in [1.807, 2.05) is 0 Å². The van der Waals surface area contributed by atoms with E-state index in [-0.39, 0.29) is 11.4 Å². The molecule has 0 unspecified atom stereocenters. The molecule has 3 rings (SSSR count). The zero-order valence-electron chi connectivity index (χ0n) is 12.1. The third-order valence-electron chi connectivity index (χ3n) is 3.89. The molecule has 0 spiro atoms. The van der Waals surface area contributed by atoms with Crippen LogP contribution >= 0.6 is 0 Å². The Bertz CT molecular complexity index is 660. The van der Waals surface area contributed by atoms with Crippen LogP contribution < -0.4 is 5.32 Å². The van der Waals surface area contributed by atoms with Gasteiger partial charge in [-0.25, -0.2) is 0 Å². The fourth-order valence-electron chi connectivity index (χ4n) is 2.66. The van der Waals surface area contributed by atoms with E-state index in [4.69, 9.17) is 4.52 Å². The van der Waals surface area contributed by atoms with Gasteiger partial charge in [0.15, 0.2) is 0 Å². The van der Waals surface area contributed by atoms with Crippen molar-refractivity contribution in [1.29, 1.82) is 0 Å². The number of aryl methyl sites for hydroxylation is 1. The highest BCUT2D eigenvalue weighted by molar-refractivity contribution is 5.57. The van der Waals surface area contributed by atoms with Gasteiger partial charge < -0.3 is 9.84 Å². The summed E-state index contributed by atoms with van der Waals surface area (Å²) in [6, 6.07) is 4.08. The Morgan fingerprint density at radius 3 is 2.86 bits per heavy atom. The van der Waals surface area contributed by atoms with Crippen LogP contribution in [0.15, 0.2) is 22.7 Å². The van der Waals surface area contributed by atoms with Crippen LogP contribution in [0.2, 0.25) is 0 Å². The number of rotatable bonds is 3. The summed E-state index contributed by atoms with van der Waals surface area (Å²) in [7, 11) is 0. The first-order chi connectivity index (χ1) is 10.4. The second kappa shape index (κ2) is 5.72. The molecular weight excluding hydrogens is 295 g/mol. The van der Waals surface area contributed by atoms with Gasteiger partial charge >= 0.3 is 6.18 Å². The van der Waals surface area contributed by atoms with Gasteiger partial charge in [0, 0.05) is 12.0 Å². The Balaban J connectivity index is 1.83. The van der Waals surface area contributed by atoms with Crippen molar-refractivity contribution in [2.45, 2.75) is 25.9 Å². The lowest BCUT2D eigenvalue weighted by molar-refractivity contribution is -0.138. The molecule has 1 aliphatic heterocycles. The van der Waals surface area contributed by atoms with E-state index in [9.17, 15) is 13.2 Å². The molecule has 1 aliphatic rings. The van der Waals surface area contributed by atoms with Gasteiger partial charge in [-0.15, -0.1) is 0 Å². The van der Waals surface area contributed by atoms with Crippen LogP contribution in [0.3, 0.4) is 0 Å². The number of nitrogens with one attached hydrogen (secondary N) is 1. The van der Waals surface area contributed by atoms with Gasteiger partial charge in [-0.3, -0.25) is 0 Å². The minimum Gasteiger partial charge on any atom is -0.339 e. The highest BCUT2D eigenvalue weighted by atomic mass is 19.4. The molecule has 2 aromatic rings. The molecule has 1 fully saturated rings. The van der Waals surface area contributed by atoms with Crippen molar-refractivity contribution < 1.29 is 17.7 Å². The van der Waals surface area contributed by atoms with Gasteiger partial charge in [0.05, 0.1) is 5.56 Å². The molecular formula is C15H16F3N3O. The average molecular weight is 311 g/mol. The number of alkyl halides is 3. The largest absolute Gasteiger partial charge is 0.416 e. The molecule has 2 heterocycles. The van der Waals surface area contributed by atoms with Gasteiger partial charge in [-0.05, 0) is 44.0 Å². The average Bonchev–Trinajstić information content (AvgIpc) is 3.10. The maximum Gasteiger partial charge on any atom is 0.416 e. The first-order valence-corrected chi connectivity index (χ1v) is 7.15. The minimum absolute atomic E-state index is 0.178.